The zero-order valence-electron chi connectivity index (χ0n) is 12.3. The second-order valence-electron chi connectivity index (χ2n) is 4.20. The molecule has 5 nitrogen and oxygen atoms in total. The first-order valence-electron chi connectivity index (χ1n) is 6.80. The molecule has 0 N–H and O–H groups in total. The van der Waals surface area contributed by atoms with Crippen LogP contribution in [0.5, 0.6) is 5.75 Å². The molecular weight excluding hydrogens is 272 g/mol. The van der Waals surface area contributed by atoms with Crippen LogP contribution < -0.4 is 4.74 Å². The van der Waals surface area contributed by atoms with Crippen LogP contribution >= 0.6 is 0 Å². The van der Waals surface area contributed by atoms with Gasteiger partial charge in [0.05, 0.1) is 20.3 Å². The molecule has 0 aliphatic heterocycles. The molecule has 1 rings (SSSR count). The van der Waals surface area contributed by atoms with Crippen molar-refractivity contribution in [3.8, 4) is 5.75 Å². The fraction of sp³-hybridized carbons (Fsp3) is 0.375. The van der Waals surface area contributed by atoms with E-state index < -0.39 is 5.97 Å². The fourth-order valence-corrected chi connectivity index (χ4v) is 1.44. The van der Waals surface area contributed by atoms with E-state index in [1.807, 2.05) is 24.3 Å². The van der Waals surface area contributed by atoms with Crippen molar-refractivity contribution >= 4 is 18.0 Å². The molecule has 0 saturated carbocycles. The van der Waals surface area contributed by atoms with E-state index in [9.17, 15) is 9.59 Å². The average molecular weight is 292 g/mol. The van der Waals surface area contributed by atoms with Crippen molar-refractivity contribution in [2.75, 3.05) is 20.3 Å². The largest absolute Gasteiger partial charge is 0.493 e. The van der Waals surface area contributed by atoms with Gasteiger partial charge in [-0.05, 0) is 23.8 Å². The Hall–Kier alpha value is -2.30. The first kappa shape index (κ1) is 16.8. The van der Waals surface area contributed by atoms with Crippen molar-refractivity contribution < 1.29 is 23.8 Å². The molecule has 1 aromatic rings. The van der Waals surface area contributed by atoms with Crippen molar-refractivity contribution in [2.24, 2.45) is 0 Å². The van der Waals surface area contributed by atoms with Gasteiger partial charge in [0.15, 0.2) is 0 Å². The molecule has 0 aromatic heterocycles. The number of hydrogen-bond acceptors (Lipinski definition) is 5. The molecular formula is C16H20O5. The summed E-state index contributed by atoms with van der Waals surface area (Å²) in [6.07, 6.45) is 4.06. The molecule has 0 heterocycles. The third-order valence-corrected chi connectivity index (χ3v) is 2.60. The molecule has 0 aliphatic rings. The van der Waals surface area contributed by atoms with Crippen LogP contribution in [0.15, 0.2) is 30.3 Å². The van der Waals surface area contributed by atoms with Crippen molar-refractivity contribution in [1.29, 1.82) is 0 Å². The molecule has 0 unspecified atom stereocenters. The number of esters is 2. The molecule has 0 fully saturated rings. The van der Waals surface area contributed by atoms with Gasteiger partial charge >= 0.3 is 11.9 Å². The van der Waals surface area contributed by atoms with Gasteiger partial charge < -0.3 is 14.2 Å². The highest BCUT2D eigenvalue weighted by molar-refractivity contribution is 5.86. The van der Waals surface area contributed by atoms with E-state index in [2.05, 4.69) is 4.74 Å². The predicted octanol–water partition coefficient (Wildman–Crippen LogP) is 2.59. The quantitative estimate of drug-likeness (QED) is 0.419. The number of methoxy groups -OCH3 is 1. The molecule has 0 amide bonds. The lowest BCUT2D eigenvalue weighted by atomic mass is 10.2. The van der Waals surface area contributed by atoms with Crippen LogP contribution in [0.25, 0.3) is 6.08 Å². The zero-order chi connectivity index (χ0) is 15.5. The van der Waals surface area contributed by atoms with Crippen LogP contribution in [-0.4, -0.2) is 32.3 Å². The van der Waals surface area contributed by atoms with E-state index in [-0.39, 0.29) is 5.97 Å². The maximum atomic E-state index is 11.0. The molecule has 0 aliphatic carbocycles. The lowest BCUT2D eigenvalue weighted by molar-refractivity contribution is -0.143. The van der Waals surface area contributed by atoms with Gasteiger partial charge in [-0.1, -0.05) is 19.1 Å². The Morgan fingerprint density at radius 2 is 1.86 bits per heavy atom. The molecule has 0 atom stereocenters. The smallest absolute Gasteiger partial charge is 0.330 e. The summed E-state index contributed by atoms with van der Waals surface area (Å²) in [5.41, 5.74) is 0.879. The van der Waals surface area contributed by atoms with Crippen LogP contribution in [0.3, 0.4) is 0 Å². The van der Waals surface area contributed by atoms with E-state index in [0.29, 0.717) is 26.1 Å². The molecule has 0 radical (unpaired) electrons. The van der Waals surface area contributed by atoms with E-state index in [1.54, 1.807) is 13.0 Å². The zero-order valence-corrected chi connectivity index (χ0v) is 12.3. The number of ether oxygens (including phenoxy) is 3. The predicted molar refractivity (Wildman–Crippen MR) is 78.9 cm³/mol. The summed E-state index contributed by atoms with van der Waals surface area (Å²) in [7, 11) is 1.33. The number of benzene rings is 1. The SMILES string of the molecule is CCC(=O)OCCCOc1ccc(/C=C/C(=O)OC)cc1. The van der Waals surface area contributed by atoms with Gasteiger partial charge in [0.1, 0.15) is 5.75 Å². The lowest BCUT2D eigenvalue weighted by Gasteiger charge is -2.07. The van der Waals surface area contributed by atoms with Gasteiger partial charge in [-0.15, -0.1) is 0 Å². The van der Waals surface area contributed by atoms with Gasteiger partial charge in [0.25, 0.3) is 0 Å². The van der Waals surface area contributed by atoms with Gasteiger partial charge in [0, 0.05) is 18.9 Å². The number of carbonyl (C=O) groups excluding carboxylic acids is 2. The molecule has 0 spiro atoms. The Bertz CT molecular complexity index is 476. The summed E-state index contributed by atoms with van der Waals surface area (Å²) >= 11 is 0. The van der Waals surface area contributed by atoms with E-state index in [1.165, 1.54) is 13.2 Å². The summed E-state index contributed by atoms with van der Waals surface area (Å²) < 4.78 is 15.0. The minimum absolute atomic E-state index is 0.197. The minimum Gasteiger partial charge on any atom is -0.493 e. The minimum atomic E-state index is -0.392. The molecule has 21 heavy (non-hydrogen) atoms. The highest BCUT2D eigenvalue weighted by atomic mass is 16.5. The second kappa shape index (κ2) is 9.58. The van der Waals surface area contributed by atoms with E-state index in [4.69, 9.17) is 9.47 Å². The molecule has 5 heteroatoms. The molecule has 0 saturated heterocycles. The molecule has 114 valence electrons. The Kier molecular flexibility index (Phi) is 7.64. The van der Waals surface area contributed by atoms with Crippen LogP contribution in [-0.2, 0) is 19.1 Å². The van der Waals surface area contributed by atoms with Crippen LogP contribution in [0.2, 0.25) is 0 Å². The Morgan fingerprint density at radius 1 is 1.14 bits per heavy atom. The highest BCUT2D eigenvalue weighted by Crippen LogP contribution is 2.13. The number of rotatable bonds is 8. The summed E-state index contributed by atoms with van der Waals surface area (Å²) in [6, 6.07) is 7.31. The summed E-state index contributed by atoms with van der Waals surface area (Å²) in [5, 5.41) is 0. The van der Waals surface area contributed by atoms with Crippen molar-refractivity contribution in [1.82, 2.24) is 0 Å². The summed E-state index contributed by atoms with van der Waals surface area (Å²) in [5.74, 6) is 0.140. The van der Waals surface area contributed by atoms with Crippen LogP contribution in [0, 0.1) is 0 Å². The standard InChI is InChI=1S/C16H20O5/c1-3-15(17)21-12-4-11-20-14-8-5-13(6-9-14)7-10-16(18)19-2/h5-10H,3-4,11-12H2,1-2H3/b10-7+. The topological polar surface area (TPSA) is 61.8 Å². The Labute approximate surface area is 124 Å². The van der Waals surface area contributed by atoms with Crippen molar-refractivity contribution in [3.63, 3.8) is 0 Å². The van der Waals surface area contributed by atoms with Gasteiger partial charge in [-0.2, -0.15) is 0 Å². The first-order valence-corrected chi connectivity index (χ1v) is 6.80. The van der Waals surface area contributed by atoms with Crippen LogP contribution in [0.1, 0.15) is 25.3 Å². The summed E-state index contributed by atoms with van der Waals surface area (Å²) in [6.45, 7) is 2.61. The Morgan fingerprint density at radius 3 is 2.48 bits per heavy atom. The normalized spacial score (nSPS) is 10.4. The monoisotopic (exact) mass is 292 g/mol. The van der Waals surface area contributed by atoms with Crippen LogP contribution in [0.4, 0.5) is 0 Å². The highest BCUT2D eigenvalue weighted by Gasteiger charge is 1.98. The third kappa shape index (κ3) is 7.15. The maximum absolute atomic E-state index is 11.0. The maximum Gasteiger partial charge on any atom is 0.330 e. The molecule has 1 aromatic carbocycles. The van der Waals surface area contributed by atoms with Gasteiger partial charge in [0.2, 0.25) is 0 Å². The Balaban J connectivity index is 2.29. The molecule has 0 bridgehead atoms. The van der Waals surface area contributed by atoms with E-state index >= 15 is 0 Å². The van der Waals surface area contributed by atoms with Crippen molar-refractivity contribution in [2.45, 2.75) is 19.8 Å². The van der Waals surface area contributed by atoms with Gasteiger partial charge in [-0.25, -0.2) is 4.79 Å². The third-order valence-electron chi connectivity index (χ3n) is 2.60. The van der Waals surface area contributed by atoms with Gasteiger partial charge in [-0.3, -0.25) is 4.79 Å². The number of hydrogen-bond donors (Lipinski definition) is 0. The van der Waals surface area contributed by atoms with Crippen molar-refractivity contribution in [3.05, 3.63) is 35.9 Å². The number of carbonyl (C=O) groups is 2. The lowest BCUT2D eigenvalue weighted by Crippen LogP contribution is -2.07. The first-order chi connectivity index (χ1) is 10.2. The second-order valence-corrected chi connectivity index (χ2v) is 4.20. The van der Waals surface area contributed by atoms with E-state index in [0.717, 1.165) is 11.3 Å². The fourth-order valence-electron chi connectivity index (χ4n) is 1.44. The average Bonchev–Trinajstić information content (AvgIpc) is 2.53. The summed E-state index contributed by atoms with van der Waals surface area (Å²) in [4.78, 5) is 21.9.